The number of hydrogen-bond donors (Lipinski definition) is 0. The van der Waals surface area contributed by atoms with Gasteiger partial charge in [0.15, 0.2) is 5.75 Å². The summed E-state index contributed by atoms with van der Waals surface area (Å²) < 4.78 is 12.7. The molecule has 98 valence electrons. The molecule has 0 N–H and O–H groups in total. The van der Waals surface area contributed by atoms with Crippen LogP contribution in [0.25, 0.3) is 11.0 Å². The van der Waals surface area contributed by atoms with E-state index < -0.39 is 8.32 Å². The summed E-state index contributed by atoms with van der Waals surface area (Å²) in [6.07, 6.45) is 0. The number of para-hydroxylation sites is 1. The molecule has 18 heavy (non-hydrogen) atoms. The predicted molar refractivity (Wildman–Crippen MR) is 81.7 cm³/mol. The van der Waals surface area contributed by atoms with Gasteiger partial charge < -0.3 is 8.84 Å². The quantitative estimate of drug-likeness (QED) is 0.672. The van der Waals surface area contributed by atoms with Crippen molar-refractivity contribution in [3.63, 3.8) is 0 Å². The van der Waals surface area contributed by atoms with Crippen LogP contribution in [0.4, 0.5) is 0 Å². The lowest BCUT2D eigenvalue weighted by atomic mass is 10.2. The van der Waals surface area contributed by atoms with E-state index in [1.807, 2.05) is 24.3 Å². The van der Waals surface area contributed by atoms with E-state index in [1.54, 1.807) is 0 Å². The van der Waals surface area contributed by atoms with Crippen LogP contribution in [0.15, 0.2) is 33.4 Å². The molecule has 0 unspecified atom stereocenters. The van der Waals surface area contributed by atoms with Gasteiger partial charge in [-0.2, -0.15) is 0 Å². The Hall–Kier alpha value is -0.743. The zero-order valence-electron chi connectivity index (χ0n) is 11.5. The third-order valence-corrected chi connectivity index (χ3v) is 8.52. The van der Waals surface area contributed by atoms with Crippen LogP contribution in [0.2, 0.25) is 18.1 Å². The summed E-state index contributed by atoms with van der Waals surface area (Å²) in [7, 11) is -1.85. The molecule has 1 aromatic carbocycles. The molecule has 0 fully saturated rings. The first-order chi connectivity index (χ1) is 8.22. The third-order valence-electron chi connectivity index (χ3n) is 3.67. The molecule has 2 aromatic rings. The second-order valence-electron chi connectivity index (χ2n) is 6.06. The standard InChI is InChI=1S/C14H19BrO2Si/c1-14(2,3)18(4,5)17-12-10-8-6-7-9-11(10)16-13(12)15/h6-9H,1-5H3. The van der Waals surface area contributed by atoms with Crippen LogP contribution in [0, 0.1) is 0 Å². The molecule has 0 saturated carbocycles. The van der Waals surface area contributed by atoms with Crippen molar-refractivity contribution in [2.75, 3.05) is 0 Å². The zero-order chi connectivity index (χ0) is 13.6. The lowest BCUT2D eigenvalue weighted by Gasteiger charge is -2.36. The lowest BCUT2D eigenvalue weighted by molar-refractivity contribution is 0.473. The first-order valence-corrected chi connectivity index (χ1v) is 9.78. The monoisotopic (exact) mass is 326 g/mol. The van der Waals surface area contributed by atoms with Gasteiger partial charge in [-0.3, -0.25) is 0 Å². The molecule has 0 aliphatic carbocycles. The normalized spacial score (nSPS) is 13.0. The molecule has 0 radical (unpaired) electrons. The minimum atomic E-state index is -1.85. The van der Waals surface area contributed by atoms with Gasteiger partial charge in [0.1, 0.15) is 5.58 Å². The van der Waals surface area contributed by atoms with Crippen molar-refractivity contribution in [1.82, 2.24) is 0 Å². The van der Waals surface area contributed by atoms with Gasteiger partial charge in [0.25, 0.3) is 8.32 Å². The van der Waals surface area contributed by atoms with E-state index in [9.17, 15) is 0 Å². The van der Waals surface area contributed by atoms with Crippen LogP contribution in [-0.2, 0) is 0 Å². The summed E-state index contributed by atoms with van der Waals surface area (Å²) >= 11 is 3.46. The fourth-order valence-corrected chi connectivity index (χ4v) is 3.13. The highest BCUT2D eigenvalue weighted by molar-refractivity contribution is 9.10. The summed E-state index contributed by atoms with van der Waals surface area (Å²) in [5.41, 5.74) is 0.859. The van der Waals surface area contributed by atoms with Crippen molar-refractivity contribution >= 4 is 35.2 Å². The molecule has 0 amide bonds. The summed E-state index contributed by atoms with van der Waals surface area (Å²) in [5.74, 6) is 0.845. The van der Waals surface area contributed by atoms with E-state index in [1.165, 1.54) is 0 Å². The fourth-order valence-electron chi connectivity index (χ4n) is 1.50. The molecular formula is C14H19BrO2Si. The Balaban J connectivity index is 2.47. The Morgan fingerprint density at radius 3 is 2.39 bits per heavy atom. The highest BCUT2D eigenvalue weighted by Gasteiger charge is 2.40. The van der Waals surface area contributed by atoms with Crippen molar-refractivity contribution in [3.05, 3.63) is 28.9 Å². The first kappa shape index (κ1) is 13.7. The van der Waals surface area contributed by atoms with Gasteiger partial charge in [0.2, 0.25) is 4.67 Å². The van der Waals surface area contributed by atoms with E-state index in [0.29, 0.717) is 4.67 Å². The average molecular weight is 327 g/mol. The molecule has 1 aromatic heterocycles. The van der Waals surface area contributed by atoms with Crippen LogP contribution in [0.3, 0.4) is 0 Å². The highest BCUT2D eigenvalue weighted by Crippen LogP contribution is 2.43. The second kappa shape index (κ2) is 4.42. The Kier molecular flexibility index (Phi) is 3.36. The van der Waals surface area contributed by atoms with Gasteiger partial charge in [0.05, 0.1) is 5.39 Å². The lowest BCUT2D eigenvalue weighted by Crippen LogP contribution is -2.43. The second-order valence-corrected chi connectivity index (χ2v) is 11.5. The molecule has 0 atom stereocenters. The number of furan rings is 1. The van der Waals surface area contributed by atoms with E-state index in [-0.39, 0.29) is 5.04 Å². The maximum atomic E-state index is 6.35. The minimum absolute atomic E-state index is 0.171. The number of rotatable bonds is 2. The van der Waals surface area contributed by atoms with Gasteiger partial charge >= 0.3 is 0 Å². The summed E-state index contributed by atoms with van der Waals surface area (Å²) in [4.78, 5) is 0. The molecule has 0 aliphatic rings. The maximum absolute atomic E-state index is 6.35. The maximum Gasteiger partial charge on any atom is 0.250 e. The van der Waals surface area contributed by atoms with Crippen LogP contribution >= 0.6 is 15.9 Å². The summed E-state index contributed by atoms with van der Waals surface area (Å²) in [6.45, 7) is 11.2. The van der Waals surface area contributed by atoms with E-state index in [4.69, 9.17) is 8.84 Å². The molecule has 1 heterocycles. The largest absolute Gasteiger partial charge is 0.540 e. The average Bonchev–Trinajstić information content (AvgIpc) is 2.54. The summed E-state index contributed by atoms with van der Waals surface area (Å²) in [5, 5.41) is 1.21. The minimum Gasteiger partial charge on any atom is -0.540 e. The third kappa shape index (κ3) is 2.36. The van der Waals surface area contributed by atoms with Crippen molar-refractivity contribution in [2.45, 2.75) is 38.9 Å². The van der Waals surface area contributed by atoms with Gasteiger partial charge in [-0.15, -0.1) is 0 Å². The number of hydrogen-bond acceptors (Lipinski definition) is 2. The molecule has 2 rings (SSSR count). The fraction of sp³-hybridized carbons (Fsp3) is 0.429. The topological polar surface area (TPSA) is 22.4 Å². The zero-order valence-corrected chi connectivity index (χ0v) is 14.1. The van der Waals surface area contributed by atoms with E-state index in [0.717, 1.165) is 16.7 Å². The van der Waals surface area contributed by atoms with Crippen molar-refractivity contribution in [3.8, 4) is 5.75 Å². The molecule has 0 saturated heterocycles. The number of fused-ring (bicyclic) bond motifs is 1. The SMILES string of the molecule is CC(C)(C)[Si](C)(C)Oc1c(Br)oc2ccccc12. The van der Waals surface area contributed by atoms with Crippen molar-refractivity contribution < 1.29 is 8.84 Å². The van der Waals surface area contributed by atoms with Crippen molar-refractivity contribution in [1.29, 1.82) is 0 Å². The molecule has 4 heteroatoms. The van der Waals surface area contributed by atoms with Gasteiger partial charge in [-0.25, -0.2) is 0 Å². The Bertz CT molecular complexity index is 567. The van der Waals surface area contributed by atoms with Gasteiger partial charge in [-0.05, 0) is 46.2 Å². The smallest absolute Gasteiger partial charge is 0.250 e. The van der Waals surface area contributed by atoms with Crippen molar-refractivity contribution in [2.24, 2.45) is 0 Å². The summed E-state index contributed by atoms with van der Waals surface area (Å²) in [6, 6.07) is 7.96. The van der Waals surface area contributed by atoms with Crippen LogP contribution < -0.4 is 4.43 Å². The first-order valence-electron chi connectivity index (χ1n) is 6.08. The van der Waals surface area contributed by atoms with Gasteiger partial charge in [-0.1, -0.05) is 32.9 Å². The molecule has 0 spiro atoms. The predicted octanol–water partition coefficient (Wildman–Crippen LogP) is 5.58. The number of halogens is 1. The highest BCUT2D eigenvalue weighted by atomic mass is 79.9. The molecule has 2 nitrogen and oxygen atoms in total. The van der Waals surface area contributed by atoms with E-state index in [2.05, 4.69) is 49.8 Å². The molecular weight excluding hydrogens is 308 g/mol. The Morgan fingerprint density at radius 1 is 1.17 bits per heavy atom. The molecule has 0 aliphatic heterocycles. The number of benzene rings is 1. The van der Waals surface area contributed by atoms with Crippen LogP contribution in [0.1, 0.15) is 20.8 Å². The van der Waals surface area contributed by atoms with E-state index >= 15 is 0 Å². The van der Waals surface area contributed by atoms with Gasteiger partial charge in [0, 0.05) is 0 Å². The Labute approximate surface area is 118 Å². The molecule has 0 bridgehead atoms. The van der Waals surface area contributed by atoms with Crippen LogP contribution in [0.5, 0.6) is 5.75 Å². The Morgan fingerprint density at radius 2 is 1.78 bits per heavy atom. The van der Waals surface area contributed by atoms with Crippen LogP contribution in [-0.4, -0.2) is 8.32 Å².